The van der Waals surface area contributed by atoms with Crippen molar-refractivity contribution < 1.29 is 14.4 Å². The summed E-state index contributed by atoms with van der Waals surface area (Å²) in [6.07, 6.45) is 1.77. The van der Waals surface area contributed by atoms with Crippen LogP contribution in [0.15, 0.2) is 41.4 Å². The van der Waals surface area contributed by atoms with Gasteiger partial charge in [-0.05, 0) is 24.3 Å². The van der Waals surface area contributed by atoms with Crippen LogP contribution >= 0.6 is 0 Å². The Kier molecular flexibility index (Phi) is 5.48. The molecule has 1 aromatic heterocycles. The molecule has 1 N–H and O–H groups in total. The summed E-state index contributed by atoms with van der Waals surface area (Å²) in [6, 6.07) is 7.45. The van der Waals surface area contributed by atoms with Gasteiger partial charge in [-0.1, -0.05) is 11.2 Å². The molecule has 1 heterocycles. The Balaban J connectivity index is 2.07. The third kappa shape index (κ3) is 4.14. The smallest absolute Gasteiger partial charge is 0.241 e. The fourth-order valence-corrected chi connectivity index (χ4v) is 1.93. The number of benzene rings is 1. The molecule has 112 valence electrons. The van der Waals surface area contributed by atoms with Gasteiger partial charge in [0.2, 0.25) is 11.7 Å². The van der Waals surface area contributed by atoms with Crippen molar-refractivity contribution in [2.24, 2.45) is 0 Å². The first-order valence-electron chi connectivity index (χ1n) is 6.68. The standard InChI is InChI=1S/C15H19N3O3/c1-3-8-18(9-10-19)11-14-16-15(17-21-14)12-4-6-13(20-2)7-5-12/h3-7,19H,1,8-11H2,2H3. The molecule has 1 aromatic carbocycles. The predicted octanol–water partition coefficient (Wildman–Crippen LogP) is 1.73. The highest BCUT2D eigenvalue weighted by Gasteiger charge is 2.12. The Hall–Kier alpha value is -2.18. The van der Waals surface area contributed by atoms with Crippen LogP contribution in [-0.4, -0.2) is 47.0 Å². The lowest BCUT2D eigenvalue weighted by molar-refractivity contribution is 0.186. The van der Waals surface area contributed by atoms with Gasteiger partial charge in [0.25, 0.3) is 0 Å². The van der Waals surface area contributed by atoms with Gasteiger partial charge in [0.05, 0.1) is 20.3 Å². The summed E-state index contributed by atoms with van der Waals surface area (Å²) < 4.78 is 10.4. The average molecular weight is 289 g/mol. The molecule has 0 aliphatic rings. The Morgan fingerprint density at radius 3 is 2.76 bits per heavy atom. The van der Waals surface area contributed by atoms with Crippen LogP contribution in [0.2, 0.25) is 0 Å². The maximum atomic E-state index is 9.02. The maximum absolute atomic E-state index is 9.02. The van der Waals surface area contributed by atoms with Crippen molar-refractivity contribution in [2.45, 2.75) is 6.54 Å². The largest absolute Gasteiger partial charge is 0.497 e. The fourth-order valence-electron chi connectivity index (χ4n) is 1.93. The van der Waals surface area contributed by atoms with Crippen molar-refractivity contribution >= 4 is 0 Å². The van der Waals surface area contributed by atoms with Crippen LogP contribution in [0, 0.1) is 0 Å². The molecule has 2 rings (SSSR count). The SMILES string of the molecule is C=CCN(CCO)Cc1nc(-c2ccc(OC)cc2)no1. The molecule has 6 heteroatoms. The minimum absolute atomic E-state index is 0.0767. The van der Waals surface area contributed by atoms with E-state index < -0.39 is 0 Å². The van der Waals surface area contributed by atoms with Crippen LogP contribution < -0.4 is 4.74 Å². The number of aliphatic hydroxyl groups is 1. The molecular formula is C15H19N3O3. The number of ether oxygens (including phenoxy) is 1. The fraction of sp³-hybridized carbons (Fsp3) is 0.333. The van der Waals surface area contributed by atoms with Crippen LogP contribution in [0.4, 0.5) is 0 Å². The van der Waals surface area contributed by atoms with E-state index in [2.05, 4.69) is 16.7 Å². The predicted molar refractivity (Wildman–Crippen MR) is 78.8 cm³/mol. The van der Waals surface area contributed by atoms with E-state index in [-0.39, 0.29) is 6.61 Å². The number of rotatable bonds is 8. The molecule has 0 fully saturated rings. The molecular weight excluding hydrogens is 270 g/mol. The van der Waals surface area contributed by atoms with Gasteiger partial charge in [-0.2, -0.15) is 4.98 Å². The molecule has 0 spiro atoms. The van der Waals surface area contributed by atoms with Crippen LogP contribution in [0.1, 0.15) is 5.89 Å². The van der Waals surface area contributed by atoms with Gasteiger partial charge in [0.15, 0.2) is 0 Å². The van der Waals surface area contributed by atoms with Gasteiger partial charge in [-0.25, -0.2) is 0 Å². The number of nitrogens with zero attached hydrogens (tertiary/aromatic N) is 3. The Bertz CT molecular complexity index is 566. The molecule has 2 aromatic rings. The van der Waals surface area contributed by atoms with Crippen LogP contribution in [-0.2, 0) is 6.54 Å². The van der Waals surface area contributed by atoms with Crippen molar-refractivity contribution in [3.8, 4) is 17.1 Å². The molecule has 0 radical (unpaired) electrons. The molecule has 0 aliphatic heterocycles. The summed E-state index contributed by atoms with van der Waals surface area (Å²) >= 11 is 0. The van der Waals surface area contributed by atoms with Gasteiger partial charge in [-0.3, -0.25) is 4.90 Å². The van der Waals surface area contributed by atoms with Crippen LogP contribution in [0.5, 0.6) is 5.75 Å². The van der Waals surface area contributed by atoms with Crippen LogP contribution in [0.25, 0.3) is 11.4 Å². The van der Waals surface area contributed by atoms with Gasteiger partial charge >= 0.3 is 0 Å². The zero-order valence-corrected chi connectivity index (χ0v) is 12.0. The molecule has 0 bridgehead atoms. The lowest BCUT2D eigenvalue weighted by atomic mass is 10.2. The number of hydrogen-bond acceptors (Lipinski definition) is 6. The van der Waals surface area contributed by atoms with E-state index in [1.165, 1.54) is 0 Å². The number of aliphatic hydroxyl groups excluding tert-OH is 1. The van der Waals surface area contributed by atoms with E-state index >= 15 is 0 Å². The third-order valence-electron chi connectivity index (χ3n) is 2.98. The number of methoxy groups -OCH3 is 1. The van der Waals surface area contributed by atoms with E-state index in [4.69, 9.17) is 14.4 Å². The van der Waals surface area contributed by atoms with E-state index in [1.807, 2.05) is 29.2 Å². The monoisotopic (exact) mass is 289 g/mol. The Labute approximate surface area is 123 Å². The molecule has 6 nitrogen and oxygen atoms in total. The molecule has 0 saturated carbocycles. The first-order chi connectivity index (χ1) is 10.3. The number of aromatic nitrogens is 2. The summed E-state index contributed by atoms with van der Waals surface area (Å²) in [6.45, 7) is 5.44. The summed E-state index contributed by atoms with van der Waals surface area (Å²) in [7, 11) is 1.62. The highest BCUT2D eigenvalue weighted by atomic mass is 16.5. The minimum Gasteiger partial charge on any atom is -0.497 e. The third-order valence-corrected chi connectivity index (χ3v) is 2.98. The molecule has 0 aliphatic carbocycles. The lowest BCUT2D eigenvalue weighted by Crippen LogP contribution is -2.26. The molecule has 0 unspecified atom stereocenters. The van der Waals surface area contributed by atoms with Gasteiger partial charge < -0.3 is 14.4 Å². The second-order valence-corrected chi connectivity index (χ2v) is 4.49. The van der Waals surface area contributed by atoms with Gasteiger partial charge in [0.1, 0.15) is 5.75 Å². The summed E-state index contributed by atoms with van der Waals surface area (Å²) in [5, 5.41) is 13.0. The van der Waals surface area contributed by atoms with Crippen LogP contribution in [0.3, 0.4) is 0 Å². The highest BCUT2D eigenvalue weighted by molar-refractivity contribution is 5.55. The lowest BCUT2D eigenvalue weighted by Gasteiger charge is -2.16. The molecule has 0 atom stereocenters. The van der Waals surface area contributed by atoms with E-state index in [0.717, 1.165) is 11.3 Å². The normalized spacial score (nSPS) is 10.8. The second-order valence-electron chi connectivity index (χ2n) is 4.49. The minimum atomic E-state index is 0.0767. The average Bonchev–Trinajstić information content (AvgIpc) is 2.96. The van der Waals surface area contributed by atoms with Crippen molar-refractivity contribution in [1.82, 2.24) is 15.0 Å². The second kappa shape index (κ2) is 7.56. The highest BCUT2D eigenvalue weighted by Crippen LogP contribution is 2.20. The quantitative estimate of drug-likeness (QED) is 0.746. The van der Waals surface area contributed by atoms with Gasteiger partial charge in [-0.15, -0.1) is 6.58 Å². The van der Waals surface area contributed by atoms with Crippen molar-refractivity contribution in [3.63, 3.8) is 0 Å². The molecule has 0 amide bonds. The Morgan fingerprint density at radius 1 is 1.38 bits per heavy atom. The van der Waals surface area contributed by atoms with Gasteiger partial charge in [0, 0.05) is 18.7 Å². The Morgan fingerprint density at radius 2 is 2.14 bits per heavy atom. The molecule has 0 saturated heterocycles. The first kappa shape index (κ1) is 15.2. The summed E-state index contributed by atoms with van der Waals surface area (Å²) in [4.78, 5) is 6.33. The van der Waals surface area contributed by atoms with E-state index in [0.29, 0.717) is 31.3 Å². The van der Waals surface area contributed by atoms with E-state index in [9.17, 15) is 0 Å². The maximum Gasteiger partial charge on any atom is 0.241 e. The summed E-state index contributed by atoms with van der Waals surface area (Å²) in [5.41, 5.74) is 0.864. The van der Waals surface area contributed by atoms with Crippen molar-refractivity contribution in [2.75, 3.05) is 26.8 Å². The van der Waals surface area contributed by atoms with Crippen molar-refractivity contribution in [3.05, 3.63) is 42.8 Å². The van der Waals surface area contributed by atoms with Crippen molar-refractivity contribution in [1.29, 1.82) is 0 Å². The zero-order valence-electron chi connectivity index (χ0n) is 12.0. The first-order valence-corrected chi connectivity index (χ1v) is 6.68. The summed E-state index contributed by atoms with van der Waals surface area (Å²) in [5.74, 6) is 1.83. The number of hydrogen-bond donors (Lipinski definition) is 1. The van der Waals surface area contributed by atoms with E-state index in [1.54, 1.807) is 13.2 Å². The molecule has 21 heavy (non-hydrogen) atoms. The topological polar surface area (TPSA) is 71.6 Å². The zero-order chi connectivity index (χ0) is 15.1.